The summed E-state index contributed by atoms with van der Waals surface area (Å²) in [5.41, 5.74) is 1.92. The van der Waals surface area contributed by atoms with Crippen LogP contribution in [0.4, 0.5) is 10.1 Å². The number of hydrogen-bond acceptors (Lipinski definition) is 4. The molecule has 0 saturated heterocycles. The van der Waals surface area contributed by atoms with Crippen molar-refractivity contribution in [3.8, 4) is 0 Å². The zero-order valence-corrected chi connectivity index (χ0v) is 18.8. The van der Waals surface area contributed by atoms with Crippen LogP contribution in [-0.4, -0.2) is 45.9 Å². The van der Waals surface area contributed by atoms with Gasteiger partial charge in [-0.25, -0.2) is 12.8 Å². The molecule has 0 aliphatic rings. The van der Waals surface area contributed by atoms with Crippen molar-refractivity contribution in [2.24, 2.45) is 0 Å². The summed E-state index contributed by atoms with van der Waals surface area (Å²) in [5, 5.41) is 2.94. The summed E-state index contributed by atoms with van der Waals surface area (Å²) in [5.74, 6) is -0.752. The molecule has 0 unspecified atom stereocenters. The first-order chi connectivity index (χ1) is 15.2. The smallest absolute Gasteiger partial charge is 0.261 e. The molecule has 0 fully saturated rings. The molecule has 8 heteroatoms. The lowest BCUT2D eigenvalue weighted by Crippen LogP contribution is -2.41. The summed E-state index contributed by atoms with van der Waals surface area (Å²) in [6, 6.07) is 20.9. The molecule has 0 aliphatic carbocycles. The van der Waals surface area contributed by atoms with Gasteiger partial charge < -0.3 is 10.2 Å². The van der Waals surface area contributed by atoms with Crippen LogP contribution in [0.2, 0.25) is 0 Å². The first-order valence-corrected chi connectivity index (χ1v) is 11.6. The van der Waals surface area contributed by atoms with Crippen LogP contribution >= 0.6 is 0 Å². The van der Waals surface area contributed by atoms with Gasteiger partial charge >= 0.3 is 0 Å². The van der Waals surface area contributed by atoms with Crippen molar-refractivity contribution in [3.63, 3.8) is 0 Å². The summed E-state index contributed by atoms with van der Waals surface area (Å²) in [7, 11) is 0.101. The van der Waals surface area contributed by atoms with Gasteiger partial charge in [0, 0.05) is 23.8 Å². The van der Waals surface area contributed by atoms with Gasteiger partial charge in [0.05, 0.1) is 4.90 Å². The largest absolute Gasteiger partial charge is 0.350 e. The lowest BCUT2D eigenvalue weighted by Gasteiger charge is -2.24. The van der Waals surface area contributed by atoms with Gasteiger partial charge in [-0.1, -0.05) is 30.3 Å². The number of nitrogens with one attached hydrogen (secondary N) is 2. The average molecular weight is 456 g/mol. The standard InChI is InChI=1S/C24H26FN3O3S/c1-28(2)22(16-18-6-4-3-5-7-18)17-26-24(29)19-8-12-21(13-9-19)27-32(30,31)23-14-10-20(25)11-15-23/h3-15,22,27H,16-17H2,1-2H3,(H,26,29)/t22-/m0/s1. The first-order valence-electron chi connectivity index (χ1n) is 10.1. The molecule has 0 saturated carbocycles. The highest BCUT2D eigenvalue weighted by Gasteiger charge is 2.16. The van der Waals surface area contributed by atoms with Gasteiger partial charge in [0.25, 0.3) is 15.9 Å². The molecule has 6 nitrogen and oxygen atoms in total. The molecule has 0 aromatic heterocycles. The predicted octanol–water partition coefficient (Wildman–Crippen LogP) is 3.53. The van der Waals surface area contributed by atoms with E-state index in [1.165, 1.54) is 29.8 Å². The van der Waals surface area contributed by atoms with Crippen LogP contribution in [0, 0.1) is 5.82 Å². The molecule has 0 bridgehead atoms. The Bertz CT molecular complexity index is 1130. The van der Waals surface area contributed by atoms with E-state index >= 15 is 0 Å². The molecule has 1 atom stereocenters. The third-order valence-electron chi connectivity index (χ3n) is 5.07. The molecule has 3 aromatic rings. The quantitative estimate of drug-likeness (QED) is 0.518. The Labute approximate surface area is 188 Å². The molecule has 1 amide bonds. The monoisotopic (exact) mass is 455 g/mol. The zero-order valence-electron chi connectivity index (χ0n) is 18.0. The molecule has 0 heterocycles. The Kier molecular flexibility index (Phi) is 7.61. The topological polar surface area (TPSA) is 78.5 Å². The SMILES string of the molecule is CN(C)[C@H](CNC(=O)c1ccc(NS(=O)(=O)c2ccc(F)cc2)cc1)Cc1ccccc1. The third kappa shape index (κ3) is 6.38. The second-order valence-electron chi connectivity index (χ2n) is 7.65. The van der Waals surface area contributed by atoms with Crippen molar-refractivity contribution >= 4 is 21.6 Å². The number of likely N-dealkylation sites (N-methyl/N-ethyl adjacent to an activating group) is 1. The highest BCUT2D eigenvalue weighted by atomic mass is 32.2. The van der Waals surface area contributed by atoms with Crippen molar-refractivity contribution in [2.45, 2.75) is 17.4 Å². The van der Waals surface area contributed by atoms with E-state index < -0.39 is 15.8 Å². The minimum absolute atomic E-state index is 0.0473. The number of hydrogen-bond donors (Lipinski definition) is 2. The van der Waals surface area contributed by atoms with Crippen molar-refractivity contribution in [2.75, 3.05) is 25.4 Å². The van der Waals surface area contributed by atoms with Gasteiger partial charge in [-0.15, -0.1) is 0 Å². The second kappa shape index (κ2) is 10.4. The van der Waals surface area contributed by atoms with Gasteiger partial charge in [0.15, 0.2) is 0 Å². The summed E-state index contributed by atoms with van der Waals surface area (Å²) < 4.78 is 40.3. The molecule has 0 spiro atoms. The third-order valence-corrected chi connectivity index (χ3v) is 6.46. The van der Waals surface area contributed by atoms with Crippen LogP contribution in [0.25, 0.3) is 0 Å². The van der Waals surface area contributed by atoms with E-state index in [9.17, 15) is 17.6 Å². The first kappa shape index (κ1) is 23.4. The normalized spacial score (nSPS) is 12.4. The van der Waals surface area contributed by atoms with Gasteiger partial charge in [0.1, 0.15) is 5.82 Å². The van der Waals surface area contributed by atoms with Crippen LogP contribution in [0.5, 0.6) is 0 Å². The van der Waals surface area contributed by atoms with Gasteiger partial charge in [-0.2, -0.15) is 0 Å². The number of benzene rings is 3. The minimum atomic E-state index is -3.85. The van der Waals surface area contributed by atoms with Crippen molar-refractivity contribution in [1.29, 1.82) is 0 Å². The maximum Gasteiger partial charge on any atom is 0.261 e. The zero-order chi connectivity index (χ0) is 23.1. The molecule has 0 aliphatic heterocycles. The van der Waals surface area contributed by atoms with Crippen molar-refractivity contribution in [1.82, 2.24) is 10.2 Å². The number of halogens is 1. The maximum absolute atomic E-state index is 13.0. The van der Waals surface area contributed by atoms with Crippen molar-refractivity contribution < 1.29 is 17.6 Å². The van der Waals surface area contributed by atoms with E-state index in [1.54, 1.807) is 12.1 Å². The summed E-state index contributed by atoms with van der Waals surface area (Å²) >= 11 is 0. The van der Waals surface area contributed by atoms with E-state index in [0.717, 1.165) is 18.6 Å². The number of carbonyl (C=O) groups is 1. The molecule has 2 N–H and O–H groups in total. The highest BCUT2D eigenvalue weighted by Crippen LogP contribution is 2.17. The molecular weight excluding hydrogens is 429 g/mol. The minimum Gasteiger partial charge on any atom is -0.350 e. The van der Waals surface area contributed by atoms with E-state index in [1.807, 2.05) is 32.3 Å². The molecule has 3 rings (SSSR count). The van der Waals surface area contributed by atoms with E-state index in [2.05, 4.69) is 27.1 Å². The Morgan fingerprint density at radius 3 is 2.16 bits per heavy atom. The van der Waals surface area contributed by atoms with Gasteiger partial charge in [0.2, 0.25) is 0 Å². The van der Waals surface area contributed by atoms with Crippen LogP contribution in [0.1, 0.15) is 15.9 Å². The van der Waals surface area contributed by atoms with Crippen molar-refractivity contribution in [3.05, 3.63) is 95.8 Å². The fraction of sp³-hybridized carbons (Fsp3) is 0.208. The Balaban J connectivity index is 1.60. The van der Waals surface area contributed by atoms with Gasteiger partial charge in [-0.3, -0.25) is 9.52 Å². The highest BCUT2D eigenvalue weighted by molar-refractivity contribution is 7.92. The summed E-state index contributed by atoms with van der Waals surface area (Å²) in [6.45, 7) is 0.472. The van der Waals surface area contributed by atoms with Crippen LogP contribution < -0.4 is 10.0 Å². The fourth-order valence-corrected chi connectivity index (χ4v) is 4.21. The van der Waals surface area contributed by atoms with E-state index in [4.69, 9.17) is 0 Å². The van der Waals surface area contributed by atoms with Crippen LogP contribution in [0.3, 0.4) is 0 Å². The lowest BCUT2D eigenvalue weighted by atomic mass is 10.0. The van der Waals surface area contributed by atoms with E-state index in [0.29, 0.717) is 17.8 Å². The molecule has 32 heavy (non-hydrogen) atoms. The number of anilines is 1. The fourth-order valence-electron chi connectivity index (χ4n) is 3.15. The van der Waals surface area contributed by atoms with Gasteiger partial charge in [-0.05, 0) is 74.6 Å². The molecular formula is C24H26FN3O3S. The molecule has 168 valence electrons. The Morgan fingerprint density at radius 1 is 0.938 bits per heavy atom. The van der Waals surface area contributed by atoms with Crippen LogP contribution in [0.15, 0.2) is 83.8 Å². The number of nitrogens with zero attached hydrogens (tertiary/aromatic N) is 1. The number of rotatable bonds is 9. The number of carbonyl (C=O) groups excluding carboxylic acids is 1. The molecule has 0 radical (unpaired) electrons. The lowest BCUT2D eigenvalue weighted by molar-refractivity contribution is 0.0941. The summed E-state index contributed by atoms with van der Waals surface area (Å²) in [4.78, 5) is 14.6. The van der Waals surface area contributed by atoms with E-state index in [-0.39, 0.29) is 16.8 Å². The average Bonchev–Trinajstić information content (AvgIpc) is 2.77. The maximum atomic E-state index is 13.0. The number of sulfonamides is 1. The second-order valence-corrected chi connectivity index (χ2v) is 9.34. The Morgan fingerprint density at radius 2 is 1.56 bits per heavy atom. The van der Waals surface area contributed by atoms with Crippen LogP contribution in [-0.2, 0) is 16.4 Å². The molecule has 3 aromatic carbocycles. The number of amides is 1. The predicted molar refractivity (Wildman–Crippen MR) is 124 cm³/mol. The Hall–Kier alpha value is -3.23. The summed E-state index contributed by atoms with van der Waals surface area (Å²) in [6.07, 6.45) is 0.804.